The van der Waals surface area contributed by atoms with Gasteiger partial charge in [0, 0.05) is 26.2 Å². The summed E-state index contributed by atoms with van der Waals surface area (Å²) in [5.74, 6) is -0.532. The molecule has 0 bridgehead atoms. The lowest BCUT2D eigenvalue weighted by Gasteiger charge is -2.38. The Labute approximate surface area is 164 Å². The largest absolute Gasteiger partial charge is 0.367 e. The second-order valence-corrected chi connectivity index (χ2v) is 7.50. The minimum Gasteiger partial charge on any atom is -0.367 e. The highest BCUT2D eigenvalue weighted by molar-refractivity contribution is 6.23. The fourth-order valence-electron chi connectivity index (χ4n) is 4.28. The number of aryl methyl sites for hydroxylation is 2. The van der Waals surface area contributed by atoms with E-state index in [9.17, 15) is 14.0 Å². The van der Waals surface area contributed by atoms with Gasteiger partial charge in [0.1, 0.15) is 5.82 Å². The molecule has 2 amide bonds. The molecule has 0 radical (unpaired) electrons. The van der Waals surface area contributed by atoms with Gasteiger partial charge in [-0.15, -0.1) is 0 Å². The van der Waals surface area contributed by atoms with Crippen molar-refractivity contribution in [2.45, 2.75) is 26.3 Å². The molecule has 0 saturated carbocycles. The maximum Gasteiger partial charge on any atom is 0.251 e. The van der Waals surface area contributed by atoms with E-state index in [0.29, 0.717) is 37.6 Å². The van der Waals surface area contributed by atoms with Crippen molar-refractivity contribution in [3.63, 3.8) is 0 Å². The van der Waals surface area contributed by atoms with Crippen LogP contribution in [0.5, 0.6) is 0 Å². The minimum absolute atomic E-state index is 0.149. The van der Waals surface area contributed by atoms with Gasteiger partial charge in [-0.25, -0.2) is 9.29 Å². The van der Waals surface area contributed by atoms with Crippen LogP contribution in [-0.4, -0.2) is 48.9 Å². The fourth-order valence-corrected chi connectivity index (χ4v) is 4.28. The Bertz CT molecular complexity index is 901. The van der Waals surface area contributed by atoms with E-state index in [4.69, 9.17) is 0 Å². The SMILES string of the molecule is Cc1cccc(C)c1N1C(=O)CC(N2CCN(c3ccccc3F)CC2)C1=O. The molecule has 2 aliphatic heterocycles. The summed E-state index contributed by atoms with van der Waals surface area (Å²) in [7, 11) is 0. The zero-order valence-corrected chi connectivity index (χ0v) is 16.2. The number of hydrogen-bond donors (Lipinski definition) is 0. The van der Waals surface area contributed by atoms with Crippen molar-refractivity contribution in [2.24, 2.45) is 0 Å². The van der Waals surface area contributed by atoms with E-state index in [1.54, 1.807) is 12.1 Å². The van der Waals surface area contributed by atoms with E-state index >= 15 is 0 Å². The van der Waals surface area contributed by atoms with E-state index in [2.05, 4.69) is 4.90 Å². The first kappa shape index (κ1) is 18.6. The third kappa shape index (κ3) is 3.18. The van der Waals surface area contributed by atoms with Crippen molar-refractivity contribution in [3.8, 4) is 0 Å². The van der Waals surface area contributed by atoms with Gasteiger partial charge in [-0.3, -0.25) is 14.5 Å². The summed E-state index contributed by atoms with van der Waals surface area (Å²) in [4.78, 5) is 31.2. The highest BCUT2D eigenvalue weighted by Gasteiger charge is 2.44. The third-order valence-corrected chi connectivity index (χ3v) is 5.73. The second kappa shape index (κ2) is 7.36. The number of anilines is 2. The van der Waals surface area contributed by atoms with E-state index < -0.39 is 6.04 Å². The fraction of sp³-hybridized carbons (Fsp3) is 0.364. The van der Waals surface area contributed by atoms with Crippen LogP contribution in [0.1, 0.15) is 17.5 Å². The predicted octanol–water partition coefficient (Wildman–Crippen LogP) is 2.90. The molecule has 2 aromatic carbocycles. The first-order valence-corrected chi connectivity index (χ1v) is 9.64. The van der Waals surface area contributed by atoms with Gasteiger partial charge in [-0.05, 0) is 37.1 Å². The molecule has 2 heterocycles. The number of benzene rings is 2. The smallest absolute Gasteiger partial charge is 0.251 e. The van der Waals surface area contributed by atoms with Crippen LogP contribution in [0.25, 0.3) is 0 Å². The number of nitrogens with zero attached hydrogens (tertiary/aromatic N) is 3. The molecule has 2 aliphatic rings. The van der Waals surface area contributed by atoms with Gasteiger partial charge >= 0.3 is 0 Å². The number of carbonyl (C=O) groups excluding carboxylic acids is 2. The zero-order chi connectivity index (χ0) is 19.8. The second-order valence-electron chi connectivity index (χ2n) is 7.50. The molecule has 0 spiro atoms. The number of imide groups is 1. The number of halogens is 1. The van der Waals surface area contributed by atoms with Crippen molar-refractivity contribution >= 4 is 23.2 Å². The molecular formula is C22H24FN3O2. The number of rotatable bonds is 3. The van der Waals surface area contributed by atoms with E-state index in [-0.39, 0.29) is 24.1 Å². The van der Waals surface area contributed by atoms with Crippen LogP contribution in [0.3, 0.4) is 0 Å². The van der Waals surface area contributed by atoms with Crippen LogP contribution >= 0.6 is 0 Å². The molecule has 0 N–H and O–H groups in total. The summed E-state index contributed by atoms with van der Waals surface area (Å²) in [5, 5.41) is 0. The van der Waals surface area contributed by atoms with Crippen LogP contribution in [0.2, 0.25) is 0 Å². The van der Waals surface area contributed by atoms with Crippen LogP contribution < -0.4 is 9.80 Å². The molecule has 1 unspecified atom stereocenters. The average Bonchev–Trinajstić information content (AvgIpc) is 2.97. The third-order valence-electron chi connectivity index (χ3n) is 5.73. The van der Waals surface area contributed by atoms with E-state index in [1.165, 1.54) is 11.0 Å². The quantitative estimate of drug-likeness (QED) is 0.767. The molecule has 1 atom stereocenters. The molecule has 5 nitrogen and oxygen atoms in total. The molecule has 28 heavy (non-hydrogen) atoms. The lowest BCUT2D eigenvalue weighted by molar-refractivity contribution is -0.123. The Morgan fingerprint density at radius 1 is 0.893 bits per heavy atom. The van der Waals surface area contributed by atoms with Gasteiger partial charge in [-0.2, -0.15) is 0 Å². The van der Waals surface area contributed by atoms with Gasteiger partial charge in [0.15, 0.2) is 0 Å². The Kier molecular flexibility index (Phi) is 4.89. The molecule has 2 saturated heterocycles. The molecule has 4 rings (SSSR count). The van der Waals surface area contributed by atoms with Gasteiger partial charge in [-0.1, -0.05) is 30.3 Å². The molecule has 0 aliphatic carbocycles. The first-order chi connectivity index (χ1) is 13.5. The minimum atomic E-state index is -0.436. The summed E-state index contributed by atoms with van der Waals surface area (Å²) in [5.41, 5.74) is 3.15. The van der Waals surface area contributed by atoms with Crippen molar-refractivity contribution in [3.05, 3.63) is 59.4 Å². The Morgan fingerprint density at radius 3 is 2.18 bits per heavy atom. The summed E-state index contributed by atoms with van der Waals surface area (Å²) in [6, 6.07) is 12.1. The molecule has 0 aromatic heterocycles. The molecule has 2 aromatic rings. The van der Waals surface area contributed by atoms with Gasteiger partial charge < -0.3 is 4.90 Å². The van der Waals surface area contributed by atoms with Crippen LogP contribution in [0.4, 0.5) is 15.8 Å². The maximum atomic E-state index is 14.0. The Morgan fingerprint density at radius 2 is 1.54 bits per heavy atom. The van der Waals surface area contributed by atoms with Crippen molar-refractivity contribution in [1.29, 1.82) is 0 Å². The molecule has 146 valence electrons. The van der Waals surface area contributed by atoms with Crippen LogP contribution in [-0.2, 0) is 9.59 Å². The number of para-hydroxylation sites is 2. The highest BCUT2D eigenvalue weighted by atomic mass is 19.1. The van der Waals surface area contributed by atoms with E-state index in [1.807, 2.05) is 43.0 Å². The zero-order valence-electron chi connectivity index (χ0n) is 16.2. The number of piperazine rings is 1. The van der Waals surface area contributed by atoms with Crippen molar-refractivity contribution < 1.29 is 14.0 Å². The monoisotopic (exact) mass is 381 g/mol. The predicted molar refractivity (Wildman–Crippen MR) is 107 cm³/mol. The summed E-state index contributed by atoms with van der Waals surface area (Å²) in [6.07, 6.45) is 0.201. The van der Waals surface area contributed by atoms with Gasteiger partial charge in [0.05, 0.1) is 23.8 Å². The Balaban J connectivity index is 1.49. The topological polar surface area (TPSA) is 43.9 Å². The standard InChI is InChI=1S/C22H24FN3O2/c1-15-6-5-7-16(2)21(15)26-20(27)14-19(22(26)28)25-12-10-24(11-13-25)18-9-4-3-8-17(18)23/h3-9,19H,10-14H2,1-2H3. The summed E-state index contributed by atoms with van der Waals surface area (Å²) < 4.78 is 14.0. The van der Waals surface area contributed by atoms with Gasteiger partial charge in [0.2, 0.25) is 5.91 Å². The van der Waals surface area contributed by atoms with Crippen LogP contribution in [0, 0.1) is 19.7 Å². The van der Waals surface area contributed by atoms with Gasteiger partial charge in [0.25, 0.3) is 5.91 Å². The molecule has 6 heteroatoms. The number of carbonyl (C=O) groups is 2. The lowest BCUT2D eigenvalue weighted by Crippen LogP contribution is -2.52. The molecular weight excluding hydrogens is 357 g/mol. The number of amides is 2. The van der Waals surface area contributed by atoms with Crippen molar-refractivity contribution in [2.75, 3.05) is 36.0 Å². The van der Waals surface area contributed by atoms with Crippen molar-refractivity contribution in [1.82, 2.24) is 4.90 Å². The Hall–Kier alpha value is -2.73. The normalized spacial score (nSPS) is 20.9. The first-order valence-electron chi connectivity index (χ1n) is 9.64. The highest BCUT2D eigenvalue weighted by Crippen LogP contribution is 2.32. The summed E-state index contributed by atoms with van der Waals surface area (Å²) in [6.45, 7) is 6.34. The maximum absolute atomic E-state index is 14.0. The van der Waals surface area contributed by atoms with E-state index in [0.717, 1.165) is 11.1 Å². The van der Waals surface area contributed by atoms with Crippen LogP contribution in [0.15, 0.2) is 42.5 Å². The average molecular weight is 381 g/mol. The summed E-state index contributed by atoms with van der Waals surface area (Å²) >= 11 is 0. The molecule has 2 fully saturated rings. The lowest BCUT2D eigenvalue weighted by atomic mass is 10.1. The number of hydrogen-bond acceptors (Lipinski definition) is 4.